The maximum absolute atomic E-state index is 9.36. The molecule has 26 heteroatoms. The van der Waals surface area contributed by atoms with Gasteiger partial charge in [-0.05, 0) is 55.4 Å². The Morgan fingerprint density at radius 1 is 0.294 bits per heavy atom. The first-order valence-electron chi connectivity index (χ1n) is 23.0. The van der Waals surface area contributed by atoms with E-state index in [-0.39, 0.29) is 63.4 Å². The molecule has 6 heterocycles. The second kappa shape index (κ2) is 30.9. The van der Waals surface area contributed by atoms with E-state index in [0.717, 1.165) is 0 Å². The molecular formula is C42H87N3O23. The molecule has 6 saturated heterocycles. The Hall–Kier alpha value is -1.04. The molecule has 26 nitrogen and oxygen atoms in total. The number of aliphatic hydroxyl groups excluding tert-OH is 17. The summed E-state index contributed by atoms with van der Waals surface area (Å²) in [7, 11) is 0. The molecule has 0 spiro atoms. The highest BCUT2D eigenvalue weighted by Crippen LogP contribution is 2.23. The van der Waals surface area contributed by atoms with E-state index in [4.69, 9.17) is 66.0 Å². The summed E-state index contributed by atoms with van der Waals surface area (Å²) in [6, 6.07) is -1.82. The normalized spacial score (nSPS) is 49.2. The fraction of sp³-hybridized carbons (Fsp3) is 1.00. The molecule has 0 bridgehead atoms. The summed E-state index contributed by atoms with van der Waals surface area (Å²) < 4.78 is 30.9. The van der Waals surface area contributed by atoms with Crippen LogP contribution in [0.3, 0.4) is 0 Å². The zero-order valence-corrected chi connectivity index (χ0v) is 40.2. The number of nitrogens with two attached hydrogens (primary N) is 3. The van der Waals surface area contributed by atoms with Crippen LogP contribution in [-0.2, 0) is 28.4 Å². The lowest BCUT2D eigenvalue weighted by Gasteiger charge is -2.39. The molecule has 0 aromatic rings. The first kappa shape index (κ1) is 65.0. The summed E-state index contributed by atoms with van der Waals surface area (Å²) in [4.78, 5) is 0. The SMILES string of the molecule is CC1O[C@@H](C)C(O)C(O)[C@@H]1O.CC1O[C@@H](C)C(O)[C@@H](O)[C@@H]1N.C[C@@H]1OC(CO)C[C@H](O)C1O.C[C@@H]1OC(CO)[C@@H](O)CC1O.C[C@@H]1OC(CO)[C@@H](O)[C@H](N)C1O.C[C@@H]1OC(CO)[C@@H](O)[C@H](O)C1N. The third kappa shape index (κ3) is 18.8. The summed E-state index contributed by atoms with van der Waals surface area (Å²) in [5, 5.41) is 155. The van der Waals surface area contributed by atoms with Crippen LogP contribution in [0.25, 0.3) is 0 Å². The number of hydrogen-bond donors (Lipinski definition) is 20. The maximum Gasteiger partial charge on any atom is 0.111 e. The number of rotatable bonds is 4. The summed E-state index contributed by atoms with van der Waals surface area (Å²) in [6.07, 6.45) is -16.2. The van der Waals surface area contributed by atoms with Gasteiger partial charge in [0.2, 0.25) is 0 Å². The van der Waals surface area contributed by atoms with Crippen LogP contribution in [0.4, 0.5) is 0 Å². The van der Waals surface area contributed by atoms with Crippen LogP contribution < -0.4 is 17.2 Å². The minimum Gasteiger partial charge on any atom is -0.394 e. The smallest absolute Gasteiger partial charge is 0.111 e. The summed E-state index contributed by atoms with van der Waals surface area (Å²) in [5.74, 6) is 0. The third-order valence-corrected chi connectivity index (χ3v) is 12.8. The molecule has 0 aromatic heterocycles. The van der Waals surface area contributed by atoms with Crippen molar-refractivity contribution >= 4 is 0 Å². The molecule has 6 aliphatic heterocycles. The topological polar surface area (TPSA) is 477 Å². The highest BCUT2D eigenvalue weighted by Gasteiger charge is 2.43. The van der Waals surface area contributed by atoms with Crippen molar-refractivity contribution in [3.8, 4) is 0 Å². The largest absolute Gasteiger partial charge is 0.394 e. The van der Waals surface area contributed by atoms with Crippen molar-refractivity contribution < 1.29 is 115 Å². The van der Waals surface area contributed by atoms with E-state index in [1.54, 1.807) is 55.4 Å². The first-order chi connectivity index (χ1) is 31.5. The van der Waals surface area contributed by atoms with E-state index >= 15 is 0 Å². The average molecular weight is 1000 g/mol. The van der Waals surface area contributed by atoms with E-state index < -0.39 is 140 Å². The van der Waals surface area contributed by atoms with Crippen molar-refractivity contribution in [3.05, 3.63) is 0 Å². The Labute approximate surface area is 397 Å². The molecule has 23 N–H and O–H groups in total. The summed E-state index contributed by atoms with van der Waals surface area (Å²) in [5.41, 5.74) is 16.5. The molecule has 0 aliphatic carbocycles. The lowest BCUT2D eigenvalue weighted by molar-refractivity contribution is -0.211. The van der Waals surface area contributed by atoms with Crippen molar-refractivity contribution in [2.75, 3.05) is 26.4 Å². The van der Waals surface area contributed by atoms with Crippen LogP contribution in [0.5, 0.6) is 0 Å². The minimum absolute atomic E-state index is 0.103. The van der Waals surface area contributed by atoms with Crippen LogP contribution in [-0.4, -0.2) is 284 Å². The van der Waals surface area contributed by atoms with Gasteiger partial charge in [0.1, 0.15) is 67.1 Å². The predicted octanol–water partition coefficient (Wildman–Crippen LogP) is -8.90. The van der Waals surface area contributed by atoms with Gasteiger partial charge >= 0.3 is 0 Å². The molecule has 0 saturated carbocycles. The molecule has 6 fully saturated rings. The zero-order chi connectivity index (χ0) is 52.7. The molecule has 6 rings (SSSR count). The monoisotopic (exact) mass is 1000 g/mol. The number of hydrogen-bond acceptors (Lipinski definition) is 26. The van der Waals surface area contributed by atoms with Gasteiger partial charge in [0.15, 0.2) is 0 Å². The second-order valence-corrected chi connectivity index (χ2v) is 18.2. The van der Waals surface area contributed by atoms with Gasteiger partial charge in [0.05, 0.1) is 130 Å². The van der Waals surface area contributed by atoms with Crippen molar-refractivity contribution in [2.45, 2.75) is 239 Å². The van der Waals surface area contributed by atoms with Gasteiger partial charge in [0.25, 0.3) is 0 Å². The number of aliphatic hydroxyl groups is 17. The van der Waals surface area contributed by atoms with Crippen LogP contribution in [0.15, 0.2) is 0 Å². The van der Waals surface area contributed by atoms with Gasteiger partial charge in [-0.2, -0.15) is 0 Å². The maximum atomic E-state index is 9.36. The van der Waals surface area contributed by atoms with Crippen molar-refractivity contribution in [1.29, 1.82) is 0 Å². The number of ether oxygens (including phenoxy) is 6. The van der Waals surface area contributed by atoms with E-state index in [2.05, 4.69) is 0 Å². The van der Waals surface area contributed by atoms with Gasteiger partial charge in [0, 0.05) is 12.8 Å². The van der Waals surface area contributed by atoms with Crippen molar-refractivity contribution in [2.24, 2.45) is 17.2 Å². The Bertz CT molecular complexity index is 1210. The lowest BCUT2D eigenvalue weighted by atomic mass is 9.94. The molecule has 28 atom stereocenters. The molecule has 0 aromatic carbocycles. The van der Waals surface area contributed by atoms with Gasteiger partial charge in [-0.1, -0.05) is 0 Å². The lowest BCUT2D eigenvalue weighted by Crippen LogP contribution is -2.61. The zero-order valence-electron chi connectivity index (χ0n) is 40.2. The van der Waals surface area contributed by atoms with Crippen molar-refractivity contribution in [3.63, 3.8) is 0 Å². The second-order valence-electron chi connectivity index (χ2n) is 18.2. The van der Waals surface area contributed by atoms with E-state index in [1.165, 1.54) is 0 Å². The molecule has 408 valence electrons. The fourth-order valence-electron chi connectivity index (χ4n) is 7.72. The molecule has 0 radical (unpaired) electrons. The molecule has 68 heavy (non-hydrogen) atoms. The van der Waals surface area contributed by atoms with E-state index in [1.807, 2.05) is 0 Å². The standard InChI is InChI=1S/2C7H15NO4.C7H15NO3.3C7H14O4/c1-3-6(10)5(8)7(11)4(2-9)12-3;1-3-5(8)7(11)6(10)4(2-9)12-3;1-3-5(8)7(10)6(9)4(2)11-3;1-4-5(9)2-6(10)7(3-8)11-4;1-4-7(10)6(9)2-5(3-8)11-4;1-3-5(8)7(10)6(9)4(2)11-3/h2*3-7,9-11H,2,8H2,1H3;3-7,9-10H,8H2,1-2H3;2*4-10H,2-3H2,1H3;3-10H,1-2H3/t3-,4?,5+,6?,7+;3-,4?,5?,6+,7+;3?,4-,5+,6?,7-;2*4-,5?,6-,7?;3-,4?,5?,6+,7?/m000000/s1. The Balaban J connectivity index is 0.000000408. The quantitative estimate of drug-likeness (QED) is 0.124. The molecule has 0 amide bonds. The Kier molecular flexibility index (Phi) is 29.5. The van der Waals surface area contributed by atoms with E-state index in [9.17, 15) is 66.4 Å². The van der Waals surface area contributed by atoms with Gasteiger partial charge in [-0.25, -0.2) is 0 Å². The highest BCUT2D eigenvalue weighted by atomic mass is 16.6. The molecule has 13 unspecified atom stereocenters. The van der Waals surface area contributed by atoms with Crippen LogP contribution in [0.2, 0.25) is 0 Å². The fourth-order valence-corrected chi connectivity index (χ4v) is 7.72. The van der Waals surface area contributed by atoms with Crippen LogP contribution in [0, 0.1) is 0 Å². The molecular weight excluding hydrogens is 914 g/mol. The molecule has 6 aliphatic rings. The predicted molar refractivity (Wildman–Crippen MR) is 237 cm³/mol. The first-order valence-corrected chi connectivity index (χ1v) is 23.0. The Morgan fingerprint density at radius 3 is 1.12 bits per heavy atom. The van der Waals surface area contributed by atoms with E-state index in [0.29, 0.717) is 6.42 Å². The van der Waals surface area contributed by atoms with Crippen LogP contribution in [0.1, 0.15) is 68.2 Å². The highest BCUT2D eigenvalue weighted by molar-refractivity contribution is 4.94. The average Bonchev–Trinajstić information content (AvgIpc) is 3.31. The van der Waals surface area contributed by atoms with Gasteiger partial charge in [-0.3, -0.25) is 0 Å². The van der Waals surface area contributed by atoms with Crippen LogP contribution >= 0.6 is 0 Å². The summed E-state index contributed by atoms with van der Waals surface area (Å²) >= 11 is 0. The van der Waals surface area contributed by atoms with Crippen molar-refractivity contribution in [1.82, 2.24) is 0 Å². The van der Waals surface area contributed by atoms with Gasteiger partial charge in [-0.15, -0.1) is 0 Å². The summed E-state index contributed by atoms with van der Waals surface area (Å²) in [6.45, 7) is 12.7. The minimum atomic E-state index is -1.10. The van der Waals surface area contributed by atoms with Gasteiger partial charge < -0.3 is 132 Å². The Morgan fingerprint density at radius 2 is 0.662 bits per heavy atom. The third-order valence-electron chi connectivity index (χ3n) is 12.8.